The summed E-state index contributed by atoms with van der Waals surface area (Å²) in [5.74, 6) is 0. The van der Waals surface area contributed by atoms with Gasteiger partial charge in [-0.3, -0.25) is 0 Å². The molecule has 0 aromatic rings. The molecule has 0 aliphatic heterocycles. The van der Waals surface area contributed by atoms with Crippen molar-refractivity contribution >= 4 is 17.6 Å². The molecule has 0 radical (unpaired) electrons. The van der Waals surface area contributed by atoms with E-state index in [0.29, 0.717) is 6.61 Å². The Morgan fingerprint density at radius 1 is 0.720 bits per heavy atom. The summed E-state index contributed by atoms with van der Waals surface area (Å²) < 4.78 is 44.2. The molecule has 25 heavy (non-hydrogen) atoms. The quantitative estimate of drug-likeness (QED) is 0.210. The fraction of sp³-hybridized carbons (Fsp3) is 1.00. The fourth-order valence-electron chi connectivity index (χ4n) is 2.20. The summed E-state index contributed by atoms with van der Waals surface area (Å²) in [7, 11) is 1.20. The van der Waals surface area contributed by atoms with Gasteiger partial charge in [0.15, 0.2) is 0 Å². The van der Waals surface area contributed by atoms with E-state index in [1.165, 1.54) is 0 Å². The summed E-state index contributed by atoms with van der Waals surface area (Å²) in [6.07, 6.45) is 1.69. The first-order valence-electron chi connectivity index (χ1n) is 8.64. The van der Waals surface area contributed by atoms with Crippen LogP contribution in [-0.4, -0.2) is 72.3 Å². The van der Waals surface area contributed by atoms with Gasteiger partial charge in [0.2, 0.25) is 0 Å². The highest BCUT2D eigenvalue weighted by Gasteiger charge is 2.39. The van der Waals surface area contributed by atoms with E-state index in [4.69, 9.17) is 36.0 Å². The van der Waals surface area contributed by atoms with Crippen LogP contribution in [0.5, 0.6) is 0 Å². The zero-order valence-corrected chi connectivity index (χ0v) is 18.8. The summed E-state index contributed by atoms with van der Waals surface area (Å²) in [4.78, 5) is 0. The molecule has 0 N–H and O–H groups in total. The third-order valence-electron chi connectivity index (χ3n) is 3.70. The van der Waals surface area contributed by atoms with Crippen LogP contribution in [0.25, 0.3) is 0 Å². The van der Waals surface area contributed by atoms with Crippen LogP contribution >= 0.6 is 0 Å². The number of ether oxygens (including phenoxy) is 2. The van der Waals surface area contributed by atoms with Gasteiger partial charge in [0.05, 0.1) is 12.7 Å². The van der Waals surface area contributed by atoms with Gasteiger partial charge in [-0.2, -0.15) is 0 Å². The maximum Gasteiger partial charge on any atom is 0.502 e. The predicted octanol–water partition coefficient (Wildman–Crippen LogP) is 2.64. The Balaban J connectivity index is 4.06. The van der Waals surface area contributed by atoms with Crippen LogP contribution in [0, 0.1) is 0 Å². The van der Waals surface area contributed by atoms with Gasteiger partial charge in [-0.1, -0.05) is 26.7 Å². The van der Waals surface area contributed by atoms with Crippen LogP contribution in [-0.2, 0) is 36.0 Å². The largest absolute Gasteiger partial charge is 0.502 e. The smallest absolute Gasteiger partial charge is 0.377 e. The minimum atomic E-state index is -2.61. The van der Waals surface area contributed by atoms with E-state index in [2.05, 4.69) is 13.8 Å². The Morgan fingerprint density at radius 2 is 1.16 bits per heavy atom. The van der Waals surface area contributed by atoms with Gasteiger partial charge in [-0.05, 0) is 6.92 Å². The molecule has 10 heteroatoms. The first kappa shape index (κ1) is 25.1. The highest BCUT2D eigenvalue weighted by molar-refractivity contribution is 6.60. The number of rotatable bonds is 17. The van der Waals surface area contributed by atoms with Crippen LogP contribution in [0.2, 0.25) is 12.1 Å². The topological polar surface area (TPSA) is 73.8 Å². The molecule has 8 nitrogen and oxygen atoms in total. The van der Waals surface area contributed by atoms with Gasteiger partial charge >= 0.3 is 17.6 Å². The third kappa shape index (κ3) is 9.56. The van der Waals surface area contributed by atoms with Crippen LogP contribution in [0.1, 0.15) is 33.6 Å². The highest BCUT2D eigenvalue weighted by atomic mass is 28.4. The van der Waals surface area contributed by atoms with Crippen LogP contribution in [0.4, 0.5) is 0 Å². The molecular formula is C15H36O8Si2. The zero-order chi connectivity index (χ0) is 19.2. The summed E-state index contributed by atoms with van der Waals surface area (Å²) >= 11 is 0. The molecular weight excluding hydrogens is 364 g/mol. The van der Waals surface area contributed by atoms with E-state index in [9.17, 15) is 0 Å². The molecule has 0 saturated carbocycles. The van der Waals surface area contributed by atoms with Crippen molar-refractivity contribution in [1.82, 2.24) is 0 Å². The summed E-state index contributed by atoms with van der Waals surface area (Å²) in [6, 6.07) is 1.50. The Morgan fingerprint density at radius 3 is 1.56 bits per heavy atom. The first-order valence-corrected chi connectivity index (χ1v) is 12.5. The monoisotopic (exact) mass is 400 g/mol. The second kappa shape index (κ2) is 14.2. The molecule has 0 spiro atoms. The van der Waals surface area contributed by atoms with Gasteiger partial charge in [0.25, 0.3) is 0 Å². The molecule has 0 amide bonds. The van der Waals surface area contributed by atoms with Crippen molar-refractivity contribution in [2.75, 3.05) is 48.6 Å². The molecule has 0 fully saturated rings. The maximum absolute atomic E-state index is 5.72. The normalized spacial score (nSPS) is 14.0. The van der Waals surface area contributed by atoms with E-state index in [1.54, 1.807) is 28.4 Å². The first-order chi connectivity index (χ1) is 12.0. The van der Waals surface area contributed by atoms with Gasteiger partial charge < -0.3 is 36.0 Å². The highest BCUT2D eigenvalue weighted by Crippen LogP contribution is 2.17. The van der Waals surface area contributed by atoms with Gasteiger partial charge in [0.1, 0.15) is 13.6 Å². The van der Waals surface area contributed by atoms with Crippen molar-refractivity contribution in [2.24, 2.45) is 0 Å². The Hall–Kier alpha value is 0.114. The summed E-state index contributed by atoms with van der Waals surface area (Å²) in [6.45, 7) is 6.59. The van der Waals surface area contributed by atoms with Crippen molar-refractivity contribution in [3.8, 4) is 0 Å². The lowest BCUT2D eigenvalue weighted by Crippen LogP contribution is -2.45. The lowest BCUT2D eigenvalue weighted by molar-refractivity contribution is -0.108. The van der Waals surface area contributed by atoms with Crippen molar-refractivity contribution in [3.63, 3.8) is 0 Å². The molecule has 1 atom stereocenters. The van der Waals surface area contributed by atoms with E-state index in [0.717, 1.165) is 24.9 Å². The van der Waals surface area contributed by atoms with Crippen molar-refractivity contribution in [3.05, 3.63) is 0 Å². The van der Waals surface area contributed by atoms with E-state index in [-0.39, 0.29) is 19.7 Å². The molecule has 0 aliphatic rings. The second-order valence-corrected chi connectivity index (χ2v) is 11.5. The van der Waals surface area contributed by atoms with Crippen LogP contribution in [0.3, 0.4) is 0 Å². The summed E-state index contributed by atoms with van der Waals surface area (Å²) in [5.41, 5.74) is 0. The predicted molar refractivity (Wildman–Crippen MR) is 98.1 cm³/mol. The summed E-state index contributed by atoms with van der Waals surface area (Å²) in [5, 5.41) is 0. The van der Waals surface area contributed by atoms with Gasteiger partial charge in [0, 0.05) is 40.5 Å². The van der Waals surface area contributed by atoms with E-state index < -0.39 is 17.6 Å². The van der Waals surface area contributed by atoms with Crippen LogP contribution in [0.15, 0.2) is 0 Å². The average molecular weight is 401 g/mol. The van der Waals surface area contributed by atoms with Gasteiger partial charge in [-0.15, -0.1) is 0 Å². The molecule has 0 rings (SSSR count). The molecule has 1 unspecified atom stereocenters. The molecule has 152 valence electrons. The zero-order valence-electron chi connectivity index (χ0n) is 16.8. The molecule has 0 heterocycles. The molecule has 0 aliphatic carbocycles. The lowest BCUT2D eigenvalue weighted by Gasteiger charge is -2.27. The standard InChI is InChI=1S/C15H36O8Si2/c1-8-10-24(16-4,17-5)22-13-20-12-15(3)21-14-23-25(18-6,19-7)11-9-2/h15H,8-14H2,1-7H3. The molecule has 0 aromatic carbocycles. The average Bonchev–Trinajstić information content (AvgIpc) is 2.63. The molecule has 0 saturated heterocycles. The maximum atomic E-state index is 5.72. The number of hydrogen-bond acceptors (Lipinski definition) is 8. The van der Waals surface area contributed by atoms with E-state index in [1.807, 2.05) is 6.92 Å². The van der Waals surface area contributed by atoms with Crippen molar-refractivity contribution in [2.45, 2.75) is 51.8 Å². The van der Waals surface area contributed by atoms with Crippen LogP contribution < -0.4 is 0 Å². The Bertz CT molecular complexity index is 314. The van der Waals surface area contributed by atoms with Crippen molar-refractivity contribution < 1.29 is 36.0 Å². The molecule has 0 bridgehead atoms. The lowest BCUT2D eigenvalue weighted by atomic mass is 10.4. The minimum absolute atomic E-state index is 0.101. The SMILES string of the molecule is CCC[Si](OC)(OC)OCOCC(C)OCO[Si](CCC)(OC)OC. The Kier molecular flexibility index (Phi) is 14.3. The number of hydrogen-bond donors (Lipinski definition) is 0. The minimum Gasteiger partial charge on any atom is -0.377 e. The fourth-order valence-corrected chi connectivity index (χ4v) is 5.85. The van der Waals surface area contributed by atoms with Crippen molar-refractivity contribution in [1.29, 1.82) is 0 Å². The second-order valence-electron chi connectivity index (χ2n) is 5.55. The third-order valence-corrected chi connectivity index (χ3v) is 9.53. The molecule has 0 aromatic heterocycles. The van der Waals surface area contributed by atoms with Gasteiger partial charge in [-0.25, -0.2) is 0 Å². The Labute approximate surface area is 154 Å². The van der Waals surface area contributed by atoms with E-state index >= 15 is 0 Å².